The second-order valence-corrected chi connectivity index (χ2v) is 5.66. The van der Waals surface area contributed by atoms with Crippen LogP contribution in [0.4, 0.5) is 18.9 Å². The first-order valence-electron chi connectivity index (χ1n) is 7.55. The van der Waals surface area contributed by atoms with Crippen LogP contribution in [0.15, 0.2) is 41.3 Å². The minimum Gasteiger partial charge on any atom is -0.477 e. The maximum absolute atomic E-state index is 14.4. The monoisotopic (exact) mass is 376 g/mol. The molecule has 0 aliphatic heterocycles. The lowest BCUT2D eigenvalue weighted by atomic mass is 10.1. The molecule has 0 unspecified atom stereocenters. The van der Waals surface area contributed by atoms with E-state index in [-0.39, 0.29) is 17.7 Å². The quantitative estimate of drug-likeness (QED) is 0.688. The number of carboxylic acid groups (broad SMARTS) is 1. The van der Waals surface area contributed by atoms with Gasteiger partial charge < -0.3 is 15.0 Å². The van der Waals surface area contributed by atoms with E-state index in [0.717, 1.165) is 10.8 Å². The van der Waals surface area contributed by atoms with Gasteiger partial charge in [0.05, 0.1) is 10.9 Å². The maximum atomic E-state index is 14.4. The van der Waals surface area contributed by atoms with Gasteiger partial charge in [0, 0.05) is 30.6 Å². The van der Waals surface area contributed by atoms with E-state index < -0.39 is 45.3 Å². The Balaban J connectivity index is 2.45. The van der Waals surface area contributed by atoms with Gasteiger partial charge in [0.2, 0.25) is 11.3 Å². The van der Waals surface area contributed by atoms with Gasteiger partial charge in [-0.25, -0.2) is 18.0 Å². The highest BCUT2D eigenvalue weighted by molar-refractivity contribution is 5.94. The summed E-state index contributed by atoms with van der Waals surface area (Å²) in [7, 11) is 0. The van der Waals surface area contributed by atoms with E-state index in [1.807, 2.05) is 0 Å². The number of carboxylic acids is 1. The van der Waals surface area contributed by atoms with Crippen molar-refractivity contribution < 1.29 is 27.9 Å². The highest BCUT2D eigenvalue weighted by Gasteiger charge is 2.23. The number of carbonyl (C=O) groups excluding carboxylic acids is 1. The van der Waals surface area contributed by atoms with E-state index in [9.17, 15) is 32.7 Å². The van der Waals surface area contributed by atoms with Crippen molar-refractivity contribution in [1.82, 2.24) is 4.57 Å². The molecule has 1 heterocycles. The number of halogens is 3. The summed E-state index contributed by atoms with van der Waals surface area (Å²) in [4.78, 5) is 34.8. The SMILES string of the molecule is CC(=O)Nc1cccc(-n2cc(C(=O)O)c(=O)c3c(F)c(F)cc(F)c32)c1. The first-order valence-corrected chi connectivity index (χ1v) is 7.55. The van der Waals surface area contributed by atoms with E-state index in [4.69, 9.17) is 0 Å². The second-order valence-electron chi connectivity index (χ2n) is 5.66. The molecule has 1 aromatic heterocycles. The van der Waals surface area contributed by atoms with Gasteiger partial charge in [0.25, 0.3) is 0 Å². The van der Waals surface area contributed by atoms with Crippen LogP contribution in [0.5, 0.6) is 0 Å². The number of amides is 1. The molecule has 138 valence electrons. The molecule has 0 fully saturated rings. The van der Waals surface area contributed by atoms with Crippen LogP contribution in [-0.2, 0) is 4.79 Å². The van der Waals surface area contributed by atoms with E-state index >= 15 is 0 Å². The van der Waals surface area contributed by atoms with Crippen LogP contribution < -0.4 is 10.7 Å². The second kappa shape index (κ2) is 6.60. The van der Waals surface area contributed by atoms with Crippen LogP contribution in [0.3, 0.4) is 0 Å². The molecule has 3 aromatic rings. The fourth-order valence-electron chi connectivity index (χ4n) is 2.71. The molecule has 2 aromatic carbocycles. The zero-order valence-electron chi connectivity index (χ0n) is 13.7. The number of anilines is 1. The zero-order chi connectivity index (χ0) is 19.9. The average molecular weight is 376 g/mol. The number of rotatable bonds is 3. The molecule has 0 bridgehead atoms. The van der Waals surface area contributed by atoms with Crippen molar-refractivity contribution in [2.45, 2.75) is 6.92 Å². The molecule has 0 spiro atoms. The van der Waals surface area contributed by atoms with Gasteiger partial charge in [-0.1, -0.05) is 6.07 Å². The van der Waals surface area contributed by atoms with Crippen molar-refractivity contribution in [1.29, 1.82) is 0 Å². The summed E-state index contributed by atoms with van der Waals surface area (Å²) >= 11 is 0. The van der Waals surface area contributed by atoms with Gasteiger partial charge in [0.1, 0.15) is 5.56 Å². The number of nitrogens with one attached hydrogen (secondary N) is 1. The molecule has 0 aliphatic rings. The minimum absolute atomic E-state index is 0.124. The number of benzene rings is 2. The van der Waals surface area contributed by atoms with Crippen molar-refractivity contribution in [3.63, 3.8) is 0 Å². The number of hydrogen-bond acceptors (Lipinski definition) is 3. The molecule has 0 atom stereocenters. The Morgan fingerprint density at radius 3 is 2.44 bits per heavy atom. The lowest BCUT2D eigenvalue weighted by molar-refractivity contribution is -0.114. The fraction of sp³-hybridized carbons (Fsp3) is 0.0556. The van der Waals surface area contributed by atoms with Crippen LogP contribution in [-0.4, -0.2) is 21.6 Å². The number of carbonyl (C=O) groups is 2. The zero-order valence-corrected chi connectivity index (χ0v) is 13.7. The Morgan fingerprint density at radius 2 is 1.81 bits per heavy atom. The molecule has 27 heavy (non-hydrogen) atoms. The van der Waals surface area contributed by atoms with Gasteiger partial charge in [-0.3, -0.25) is 9.59 Å². The fourth-order valence-corrected chi connectivity index (χ4v) is 2.71. The number of pyridine rings is 1. The predicted octanol–water partition coefficient (Wildman–Crippen LogP) is 3.06. The molecule has 1 amide bonds. The summed E-state index contributed by atoms with van der Waals surface area (Å²) in [5, 5.41) is 10.7. The van der Waals surface area contributed by atoms with Crippen molar-refractivity contribution in [3.05, 3.63) is 69.8 Å². The average Bonchev–Trinajstić information content (AvgIpc) is 2.58. The van der Waals surface area contributed by atoms with Gasteiger partial charge in [-0.2, -0.15) is 0 Å². The summed E-state index contributed by atoms with van der Waals surface area (Å²) in [6.07, 6.45) is 0.820. The van der Waals surface area contributed by atoms with Gasteiger partial charge >= 0.3 is 5.97 Å². The molecule has 2 N–H and O–H groups in total. The Bertz CT molecular complexity index is 1170. The molecule has 0 saturated heterocycles. The largest absolute Gasteiger partial charge is 0.477 e. The van der Waals surface area contributed by atoms with Crippen molar-refractivity contribution in [3.8, 4) is 5.69 Å². The van der Waals surface area contributed by atoms with Crippen molar-refractivity contribution in [2.75, 3.05) is 5.32 Å². The Kier molecular flexibility index (Phi) is 4.44. The normalized spacial score (nSPS) is 10.8. The van der Waals surface area contributed by atoms with E-state index in [1.54, 1.807) is 0 Å². The van der Waals surface area contributed by atoms with E-state index in [2.05, 4.69) is 5.32 Å². The lowest BCUT2D eigenvalue weighted by Crippen LogP contribution is -2.20. The lowest BCUT2D eigenvalue weighted by Gasteiger charge is -2.15. The minimum atomic E-state index is -1.68. The Hall–Kier alpha value is -3.62. The molecule has 0 radical (unpaired) electrons. The topological polar surface area (TPSA) is 88.4 Å². The summed E-state index contributed by atoms with van der Waals surface area (Å²) in [6, 6.07) is 6.04. The third-order valence-electron chi connectivity index (χ3n) is 3.79. The highest BCUT2D eigenvalue weighted by atomic mass is 19.2. The van der Waals surface area contributed by atoms with Crippen LogP contribution in [0.2, 0.25) is 0 Å². The first kappa shape index (κ1) is 18.2. The smallest absolute Gasteiger partial charge is 0.341 e. The maximum Gasteiger partial charge on any atom is 0.341 e. The van der Waals surface area contributed by atoms with E-state index in [1.165, 1.54) is 31.2 Å². The number of fused-ring (bicyclic) bond motifs is 1. The van der Waals surface area contributed by atoms with Gasteiger partial charge in [0.15, 0.2) is 17.5 Å². The Morgan fingerprint density at radius 1 is 1.11 bits per heavy atom. The molecule has 3 rings (SSSR count). The standard InChI is InChI=1S/C18H11F3N2O4/c1-8(24)22-9-3-2-4-10(5-9)23-7-11(18(26)27)17(25)14-15(21)12(19)6-13(20)16(14)23/h2-7H,1H3,(H,22,24)(H,26,27). The van der Waals surface area contributed by atoms with E-state index in [0.29, 0.717) is 5.69 Å². The van der Waals surface area contributed by atoms with Gasteiger partial charge in [-0.05, 0) is 18.2 Å². The third-order valence-corrected chi connectivity index (χ3v) is 3.79. The Labute approximate surface area is 149 Å². The number of nitrogens with zero attached hydrogens (tertiary/aromatic N) is 1. The predicted molar refractivity (Wildman–Crippen MR) is 90.7 cm³/mol. The molecular weight excluding hydrogens is 365 g/mol. The van der Waals surface area contributed by atoms with Crippen LogP contribution in [0, 0.1) is 17.5 Å². The number of hydrogen-bond donors (Lipinski definition) is 2. The summed E-state index contributed by atoms with van der Waals surface area (Å²) in [5.41, 5.74) is -2.41. The number of aromatic carboxylic acids is 1. The van der Waals surface area contributed by atoms with Crippen LogP contribution >= 0.6 is 0 Å². The van der Waals surface area contributed by atoms with Crippen molar-refractivity contribution >= 4 is 28.5 Å². The molecule has 9 heteroatoms. The highest BCUT2D eigenvalue weighted by Crippen LogP contribution is 2.26. The molecule has 0 aliphatic carbocycles. The summed E-state index contributed by atoms with van der Waals surface area (Å²) in [6.45, 7) is 1.27. The van der Waals surface area contributed by atoms with Crippen molar-refractivity contribution in [2.24, 2.45) is 0 Å². The molecule has 6 nitrogen and oxygen atoms in total. The first-order chi connectivity index (χ1) is 12.7. The summed E-state index contributed by atoms with van der Waals surface area (Å²) in [5.74, 6) is -6.58. The molecule has 0 saturated carbocycles. The van der Waals surface area contributed by atoms with Crippen LogP contribution in [0.1, 0.15) is 17.3 Å². The number of aromatic nitrogens is 1. The van der Waals surface area contributed by atoms with Gasteiger partial charge in [-0.15, -0.1) is 0 Å². The molecular formula is C18H11F3N2O4. The summed E-state index contributed by atoms with van der Waals surface area (Å²) < 4.78 is 43.2. The third kappa shape index (κ3) is 3.14. The van der Waals surface area contributed by atoms with Crippen LogP contribution in [0.25, 0.3) is 16.6 Å².